The standard InChI is InChI=1S/C37H42ClNO5/c1-27(30-19-13-8-14-20-30)39(24-28-15-9-6-10-16-28)33(23-35(40)44-37(2,3)4)31-21-32(38)36(34(22-31)43-26-41-5)42-25-29-17-11-7-12-18-29/h6-22,27,33H,23-26H2,1-5H3/t27-,33+/m1/s1. The summed E-state index contributed by atoms with van der Waals surface area (Å²) < 4.78 is 23.3. The van der Waals surface area contributed by atoms with Crippen LogP contribution in [0, 0.1) is 0 Å². The van der Waals surface area contributed by atoms with E-state index in [1.807, 2.05) is 99.6 Å². The molecule has 4 aromatic rings. The molecule has 0 bridgehead atoms. The van der Waals surface area contributed by atoms with Gasteiger partial charge in [0.25, 0.3) is 0 Å². The Labute approximate surface area is 266 Å². The molecule has 2 atom stereocenters. The highest BCUT2D eigenvalue weighted by atomic mass is 35.5. The second-order valence-electron chi connectivity index (χ2n) is 11.7. The van der Waals surface area contributed by atoms with Crippen LogP contribution in [-0.2, 0) is 27.4 Å². The molecule has 0 aromatic heterocycles. The average Bonchev–Trinajstić information content (AvgIpc) is 3.01. The maximum atomic E-state index is 13.5. The second kappa shape index (κ2) is 15.8. The van der Waals surface area contributed by atoms with Gasteiger partial charge < -0.3 is 18.9 Å². The van der Waals surface area contributed by atoms with Crippen LogP contribution in [0.3, 0.4) is 0 Å². The normalized spacial score (nSPS) is 12.9. The minimum atomic E-state index is -0.629. The van der Waals surface area contributed by atoms with E-state index in [0.29, 0.717) is 29.7 Å². The van der Waals surface area contributed by atoms with Crippen LogP contribution in [0.25, 0.3) is 0 Å². The first-order chi connectivity index (χ1) is 21.1. The number of rotatable bonds is 14. The summed E-state index contributed by atoms with van der Waals surface area (Å²) in [7, 11) is 1.56. The first kappa shape index (κ1) is 33.1. The van der Waals surface area contributed by atoms with Crippen molar-refractivity contribution in [2.75, 3.05) is 13.9 Å². The number of benzene rings is 4. The number of ether oxygens (including phenoxy) is 4. The van der Waals surface area contributed by atoms with Crippen molar-refractivity contribution in [3.05, 3.63) is 130 Å². The van der Waals surface area contributed by atoms with Crippen LogP contribution in [0.5, 0.6) is 11.5 Å². The van der Waals surface area contributed by atoms with E-state index in [9.17, 15) is 4.79 Å². The van der Waals surface area contributed by atoms with E-state index >= 15 is 0 Å². The van der Waals surface area contributed by atoms with Crippen LogP contribution in [0.2, 0.25) is 5.02 Å². The zero-order chi connectivity index (χ0) is 31.5. The van der Waals surface area contributed by atoms with Gasteiger partial charge in [-0.15, -0.1) is 0 Å². The van der Waals surface area contributed by atoms with Crippen molar-refractivity contribution in [1.82, 2.24) is 4.90 Å². The van der Waals surface area contributed by atoms with Crippen molar-refractivity contribution in [2.45, 2.75) is 65.0 Å². The minimum Gasteiger partial charge on any atom is -0.483 e. The number of methoxy groups -OCH3 is 1. The highest BCUT2D eigenvalue weighted by molar-refractivity contribution is 6.32. The van der Waals surface area contributed by atoms with Crippen molar-refractivity contribution in [1.29, 1.82) is 0 Å². The highest BCUT2D eigenvalue weighted by Gasteiger charge is 2.32. The first-order valence-electron chi connectivity index (χ1n) is 14.8. The van der Waals surface area contributed by atoms with Gasteiger partial charge >= 0.3 is 5.97 Å². The summed E-state index contributed by atoms with van der Waals surface area (Å²) >= 11 is 6.95. The van der Waals surface area contributed by atoms with Gasteiger partial charge in [0, 0.05) is 25.7 Å². The maximum Gasteiger partial charge on any atom is 0.308 e. The summed E-state index contributed by atoms with van der Waals surface area (Å²) in [5.74, 6) is 0.547. The third-order valence-corrected chi connectivity index (χ3v) is 7.42. The van der Waals surface area contributed by atoms with Gasteiger partial charge in [-0.3, -0.25) is 9.69 Å². The van der Waals surface area contributed by atoms with Crippen molar-refractivity contribution in [3.63, 3.8) is 0 Å². The number of carbonyl (C=O) groups is 1. The van der Waals surface area contributed by atoms with Crippen LogP contribution in [-0.4, -0.2) is 30.4 Å². The molecule has 7 heteroatoms. The molecule has 0 N–H and O–H groups in total. The Morgan fingerprint density at radius 3 is 2.00 bits per heavy atom. The van der Waals surface area contributed by atoms with Gasteiger partial charge in [0.05, 0.1) is 11.4 Å². The molecule has 0 aliphatic rings. The van der Waals surface area contributed by atoms with Crippen molar-refractivity contribution in [2.24, 2.45) is 0 Å². The molecule has 0 aliphatic heterocycles. The van der Waals surface area contributed by atoms with Gasteiger partial charge in [-0.2, -0.15) is 0 Å². The molecule has 0 saturated carbocycles. The van der Waals surface area contributed by atoms with Crippen LogP contribution < -0.4 is 9.47 Å². The van der Waals surface area contributed by atoms with Crippen LogP contribution in [0.1, 0.15) is 68.5 Å². The van der Waals surface area contributed by atoms with E-state index in [1.54, 1.807) is 7.11 Å². The zero-order valence-electron chi connectivity index (χ0n) is 26.2. The predicted octanol–water partition coefficient (Wildman–Crippen LogP) is 8.94. The Kier molecular flexibility index (Phi) is 11.8. The van der Waals surface area contributed by atoms with Crippen molar-refractivity contribution >= 4 is 17.6 Å². The first-order valence-corrected chi connectivity index (χ1v) is 15.2. The Morgan fingerprint density at radius 1 is 0.818 bits per heavy atom. The Balaban J connectivity index is 1.80. The largest absolute Gasteiger partial charge is 0.483 e. The van der Waals surface area contributed by atoms with E-state index in [1.165, 1.54) is 0 Å². The molecule has 0 radical (unpaired) electrons. The predicted molar refractivity (Wildman–Crippen MR) is 175 cm³/mol. The number of carbonyl (C=O) groups excluding carboxylic acids is 1. The van der Waals surface area contributed by atoms with E-state index in [4.69, 9.17) is 30.5 Å². The van der Waals surface area contributed by atoms with Gasteiger partial charge in [0.15, 0.2) is 18.3 Å². The van der Waals surface area contributed by atoms with E-state index < -0.39 is 11.6 Å². The lowest BCUT2D eigenvalue weighted by molar-refractivity contribution is -0.156. The maximum absolute atomic E-state index is 13.5. The molecule has 0 spiro atoms. The number of halogens is 1. The van der Waals surface area contributed by atoms with E-state index in [0.717, 1.165) is 22.3 Å². The summed E-state index contributed by atoms with van der Waals surface area (Å²) in [4.78, 5) is 15.8. The summed E-state index contributed by atoms with van der Waals surface area (Å²) in [6.45, 7) is 8.69. The van der Waals surface area contributed by atoms with E-state index in [2.05, 4.69) is 36.1 Å². The number of hydrogen-bond donors (Lipinski definition) is 0. The SMILES string of the molecule is COCOc1cc([C@H](CC(=O)OC(C)(C)C)N(Cc2ccccc2)[C@H](C)c2ccccc2)cc(Cl)c1OCc1ccccc1. The van der Waals surface area contributed by atoms with Gasteiger partial charge in [0.1, 0.15) is 12.2 Å². The minimum absolute atomic E-state index is 0.00631. The molecular weight excluding hydrogens is 574 g/mol. The van der Waals surface area contributed by atoms with Crippen LogP contribution in [0.15, 0.2) is 103 Å². The lowest BCUT2D eigenvalue weighted by Gasteiger charge is -2.37. The molecule has 6 nitrogen and oxygen atoms in total. The second-order valence-corrected chi connectivity index (χ2v) is 12.1. The quantitative estimate of drug-likeness (QED) is 0.104. The van der Waals surface area contributed by atoms with Crippen LogP contribution in [0.4, 0.5) is 0 Å². The summed E-state index contributed by atoms with van der Waals surface area (Å²) in [6, 6.07) is 33.7. The van der Waals surface area contributed by atoms with Crippen molar-refractivity contribution < 1.29 is 23.7 Å². The molecule has 0 aliphatic carbocycles. The molecule has 0 heterocycles. The molecule has 44 heavy (non-hydrogen) atoms. The highest BCUT2D eigenvalue weighted by Crippen LogP contribution is 2.43. The smallest absolute Gasteiger partial charge is 0.308 e. The van der Waals surface area contributed by atoms with E-state index in [-0.39, 0.29) is 25.2 Å². The lowest BCUT2D eigenvalue weighted by Crippen LogP contribution is -2.34. The Bertz CT molecular complexity index is 1460. The molecular formula is C37H42ClNO5. The zero-order valence-corrected chi connectivity index (χ0v) is 26.9. The number of hydrogen-bond acceptors (Lipinski definition) is 6. The Hall–Kier alpha value is -3.84. The average molecular weight is 616 g/mol. The van der Waals surface area contributed by atoms with Gasteiger partial charge in [-0.05, 0) is 62.1 Å². The van der Waals surface area contributed by atoms with Gasteiger partial charge in [-0.25, -0.2) is 0 Å². The molecule has 0 saturated heterocycles. The summed E-state index contributed by atoms with van der Waals surface area (Å²) in [6.07, 6.45) is 0.103. The molecule has 0 unspecified atom stereocenters. The lowest BCUT2D eigenvalue weighted by atomic mass is 9.96. The topological polar surface area (TPSA) is 57.2 Å². The fraction of sp³-hybridized carbons (Fsp3) is 0.324. The Morgan fingerprint density at radius 2 is 1.41 bits per heavy atom. The molecule has 4 aromatic carbocycles. The number of nitrogens with zero attached hydrogens (tertiary/aromatic N) is 1. The van der Waals surface area contributed by atoms with Gasteiger partial charge in [0.2, 0.25) is 0 Å². The molecule has 4 rings (SSSR count). The van der Waals surface area contributed by atoms with Crippen LogP contribution >= 0.6 is 11.6 Å². The molecule has 0 amide bonds. The third-order valence-electron chi connectivity index (χ3n) is 7.14. The third kappa shape index (κ3) is 9.58. The molecule has 0 fully saturated rings. The van der Waals surface area contributed by atoms with Gasteiger partial charge in [-0.1, -0.05) is 103 Å². The molecule has 232 valence electrons. The fourth-order valence-electron chi connectivity index (χ4n) is 5.08. The van der Waals surface area contributed by atoms with Crippen molar-refractivity contribution in [3.8, 4) is 11.5 Å². The fourth-order valence-corrected chi connectivity index (χ4v) is 5.36. The summed E-state index contributed by atoms with van der Waals surface area (Å²) in [5.41, 5.74) is 3.42. The monoisotopic (exact) mass is 615 g/mol. The summed E-state index contributed by atoms with van der Waals surface area (Å²) in [5, 5.41) is 0.380. The number of esters is 1.